The molecule has 16 heavy (non-hydrogen) atoms. The fourth-order valence-corrected chi connectivity index (χ4v) is 3.01. The molecule has 0 saturated carbocycles. The second-order valence-electron chi connectivity index (χ2n) is 2.92. The zero-order valence-electron chi connectivity index (χ0n) is 7.87. The molecule has 0 atom stereocenters. The van der Waals surface area contributed by atoms with Crippen LogP contribution < -0.4 is 4.72 Å². The fourth-order valence-electron chi connectivity index (χ4n) is 0.866. The van der Waals surface area contributed by atoms with Crippen LogP contribution in [0.5, 0.6) is 0 Å². The van der Waals surface area contributed by atoms with Crippen molar-refractivity contribution in [3.63, 3.8) is 0 Å². The molecule has 0 spiro atoms. The van der Waals surface area contributed by atoms with Gasteiger partial charge in [0.25, 0.3) is 0 Å². The number of hydrogen-bond acceptors (Lipinski definition) is 3. The normalized spacial score (nSPS) is 12.7. The van der Waals surface area contributed by atoms with Gasteiger partial charge in [0.15, 0.2) is 0 Å². The highest BCUT2D eigenvalue weighted by Gasteiger charge is 2.20. The molecule has 9 heteroatoms. The maximum atomic E-state index is 11.5. The van der Waals surface area contributed by atoms with E-state index in [1.54, 1.807) is 4.72 Å². The van der Waals surface area contributed by atoms with Crippen LogP contribution in [0.3, 0.4) is 0 Å². The SMILES string of the molecule is O=P(O)(O)CNS(=O)(=O)c1ccc(Cl)cc1. The summed E-state index contributed by atoms with van der Waals surface area (Å²) >= 11 is 5.57. The van der Waals surface area contributed by atoms with E-state index in [9.17, 15) is 13.0 Å². The van der Waals surface area contributed by atoms with Crippen LogP contribution in [0.1, 0.15) is 0 Å². The highest BCUT2D eigenvalue weighted by Crippen LogP contribution is 2.32. The Kier molecular flexibility index (Phi) is 4.12. The summed E-state index contributed by atoms with van der Waals surface area (Å²) in [4.78, 5) is 17.0. The van der Waals surface area contributed by atoms with Gasteiger partial charge in [-0.25, -0.2) is 8.42 Å². The van der Waals surface area contributed by atoms with Crippen molar-refractivity contribution in [1.29, 1.82) is 0 Å². The molecule has 6 nitrogen and oxygen atoms in total. The molecular weight excluding hydrogens is 277 g/mol. The van der Waals surface area contributed by atoms with Crippen molar-refractivity contribution in [2.24, 2.45) is 0 Å². The van der Waals surface area contributed by atoms with Gasteiger partial charge in [0.05, 0.1) is 4.90 Å². The molecule has 0 saturated heterocycles. The Morgan fingerprint density at radius 2 is 1.75 bits per heavy atom. The molecule has 0 fully saturated rings. The first-order valence-electron chi connectivity index (χ1n) is 4.00. The first-order valence-corrected chi connectivity index (χ1v) is 7.66. The molecule has 1 rings (SSSR count). The lowest BCUT2D eigenvalue weighted by Crippen LogP contribution is -2.24. The minimum Gasteiger partial charge on any atom is -0.324 e. The molecule has 0 heterocycles. The molecule has 3 N–H and O–H groups in total. The van der Waals surface area contributed by atoms with Crippen LogP contribution in [0.25, 0.3) is 0 Å². The van der Waals surface area contributed by atoms with Crippen LogP contribution in [0.4, 0.5) is 0 Å². The standard InChI is InChI=1S/C7H9ClNO5PS/c8-6-1-3-7(4-2-6)16(13,14)9-5-15(10,11)12/h1-4,9H,5H2,(H2,10,11,12). The van der Waals surface area contributed by atoms with Crippen LogP contribution >= 0.6 is 19.2 Å². The summed E-state index contributed by atoms with van der Waals surface area (Å²) < 4.78 is 35.3. The number of hydrogen-bond donors (Lipinski definition) is 3. The van der Waals surface area contributed by atoms with Gasteiger partial charge in [0.1, 0.15) is 6.29 Å². The zero-order chi connectivity index (χ0) is 12.4. The molecule has 0 aliphatic rings. The molecule has 0 bridgehead atoms. The van der Waals surface area contributed by atoms with Crippen LogP contribution in [-0.2, 0) is 14.6 Å². The monoisotopic (exact) mass is 285 g/mol. The molecule has 0 radical (unpaired) electrons. The highest BCUT2D eigenvalue weighted by atomic mass is 35.5. The van der Waals surface area contributed by atoms with Crippen LogP contribution in [0, 0.1) is 0 Å². The van der Waals surface area contributed by atoms with Crippen molar-refractivity contribution in [3.8, 4) is 0 Å². The Bertz CT molecular complexity index is 508. The van der Waals surface area contributed by atoms with Crippen molar-refractivity contribution >= 4 is 29.2 Å². The average Bonchev–Trinajstić information content (AvgIpc) is 2.15. The number of nitrogens with one attached hydrogen (secondary N) is 1. The molecular formula is C7H9ClNO5PS. The van der Waals surface area contributed by atoms with Gasteiger partial charge in [-0.3, -0.25) is 4.57 Å². The fraction of sp³-hybridized carbons (Fsp3) is 0.143. The number of sulfonamides is 1. The van der Waals surface area contributed by atoms with E-state index in [0.29, 0.717) is 5.02 Å². The van der Waals surface area contributed by atoms with Gasteiger partial charge in [-0.15, -0.1) is 0 Å². The third-order valence-electron chi connectivity index (χ3n) is 1.58. The van der Waals surface area contributed by atoms with E-state index >= 15 is 0 Å². The molecule has 1 aromatic carbocycles. The molecule has 0 aromatic heterocycles. The third-order valence-corrected chi connectivity index (χ3v) is 4.04. The lowest BCUT2D eigenvalue weighted by molar-refractivity contribution is 0.371. The quantitative estimate of drug-likeness (QED) is 0.708. The van der Waals surface area contributed by atoms with Gasteiger partial charge in [-0.1, -0.05) is 11.6 Å². The molecule has 0 unspecified atom stereocenters. The van der Waals surface area contributed by atoms with E-state index in [0.717, 1.165) is 0 Å². The summed E-state index contributed by atoms with van der Waals surface area (Å²) in [6.45, 7) is 0. The van der Waals surface area contributed by atoms with Crippen molar-refractivity contribution in [1.82, 2.24) is 4.72 Å². The molecule has 0 aliphatic heterocycles. The zero-order valence-corrected chi connectivity index (χ0v) is 10.3. The van der Waals surface area contributed by atoms with E-state index in [2.05, 4.69) is 0 Å². The molecule has 90 valence electrons. The molecule has 1 aromatic rings. The average molecular weight is 286 g/mol. The summed E-state index contributed by atoms with van der Waals surface area (Å²) in [6, 6.07) is 5.22. The van der Waals surface area contributed by atoms with Crippen molar-refractivity contribution < 1.29 is 22.8 Å². The van der Waals surface area contributed by atoms with Crippen molar-refractivity contribution in [2.75, 3.05) is 6.29 Å². The summed E-state index contributed by atoms with van der Waals surface area (Å²) in [6.07, 6.45) is -0.933. The van der Waals surface area contributed by atoms with Gasteiger partial charge < -0.3 is 9.79 Å². The van der Waals surface area contributed by atoms with E-state index in [4.69, 9.17) is 21.4 Å². The van der Waals surface area contributed by atoms with E-state index in [1.807, 2.05) is 0 Å². The largest absolute Gasteiger partial charge is 0.340 e. The summed E-state index contributed by atoms with van der Waals surface area (Å²) in [7, 11) is -8.32. The van der Waals surface area contributed by atoms with Crippen LogP contribution in [0.15, 0.2) is 29.2 Å². The second-order valence-corrected chi connectivity index (χ2v) is 6.77. The second kappa shape index (κ2) is 4.83. The Balaban J connectivity index is 2.87. The van der Waals surface area contributed by atoms with Crippen LogP contribution in [0.2, 0.25) is 5.02 Å². The van der Waals surface area contributed by atoms with Gasteiger partial charge >= 0.3 is 7.60 Å². The maximum Gasteiger partial charge on any atom is 0.340 e. The molecule has 0 aliphatic carbocycles. The Morgan fingerprint density at radius 1 is 1.25 bits per heavy atom. The minimum atomic E-state index is -4.41. The van der Waals surface area contributed by atoms with Gasteiger partial charge in [0, 0.05) is 5.02 Å². The summed E-state index contributed by atoms with van der Waals surface area (Å²) in [5.74, 6) is 0. The summed E-state index contributed by atoms with van der Waals surface area (Å²) in [5, 5.41) is 0.369. The van der Waals surface area contributed by atoms with Crippen molar-refractivity contribution in [3.05, 3.63) is 29.3 Å². The number of halogens is 1. The third kappa shape index (κ3) is 4.21. The predicted octanol–water partition coefficient (Wildman–Crippen LogP) is 0.754. The van der Waals surface area contributed by atoms with E-state index in [-0.39, 0.29) is 4.90 Å². The number of benzene rings is 1. The van der Waals surface area contributed by atoms with Gasteiger partial charge in [-0.2, -0.15) is 4.72 Å². The first kappa shape index (κ1) is 13.6. The lowest BCUT2D eigenvalue weighted by atomic mass is 10.4. The highest BCUT2D eigenvalue weighted by molar-refractivity contribution is 7.89. The minimum absolute atomic E-state index is 0.106. The smallest absolute Gasteiger partial charge is 0.324 e. The maximum absolute atomic E-state index is 11.5. The van der Waals surface area contributed by atoms with Crippen LogP contribution in [-0.4, -0.2) is 24.5 Å². The van der Waals surface area contributed by atoms with Crippen molar-refractivity contribution in [2.45, 2.75) is 4.90 Å². The van der Waals surface area contributed by atoms with E-state index < -0.39 is 23.9 Å². The lowest BCUT2D eigenvalue weighted by Gasteiger charge is -2.07. The Hall–Kier alpha value is -0.430. The molecule has 0 amide bonds. The predicted molar refractivity (Wildman–Crippen MR) is 58.7 cm³/mol. The first-order chi connectivity index (χ1) is 7.21. The van der Waals surface area contributed by atoms with Gasteiger partial charge in [-0.05, 0) is 24.3 Å². The topological polar surface area (TPSA) is 104 Å². The Morgan fingerprint density at radius 3 is 2.19 bits per heavy atom. The van der Waals surface area contributed by atoms with Gasteiger partial charge in [0.2, 0.25) is 10.0 Å². The number of rotatable bonds is 4. The summed E-state index contributed by atoms with van der Waals surface area (Å²) in [5.41, 5.74) is 0. The van der Waals surface area contributed by atoms with E-state index in [1.165, 1.54) is 24.3 Å². The Labute approximate surface area is 97.5 Å².